The first kappa shape index (κ1) is 61.1. The van der Waals surface area contributed by atoms with Crippen LogP contribution in [0.15, 0.2) is 0 Å². The first-order valence-electron chi connectivity index (χ1n) is 16.6. The minimum Gasteiger partial charge on any atom is -0.285 e. The predicted molar refractivity (Wildman–Crippen MR) is 211 cm³/mol. The molecule has 0 spiro atoms. The van der Waals surface area contributed by atoms with Crippen molar-refractivity contribution < 1.29 is 130 Å². The van der Waals surface area contributed by atoms with Gasteiger partial charge in [0.2, 0.25) is 0 Å². The fourth-order valence-electron chi connectivity index (χ4n) is 6.05. The van der Waals surface area contributed by atoms with E-state index in [1.807, 2.05) is 0 Å². The zero-order chi connectivity index (χ0) is 49.8. The lowest BCUT2D eigenvalue weighted by Crippen LogP contribution is -2.42. The molecule has 0 saturated carbocycles. The zero-order valence-corrected chi connectivity index (χ0v) is 39.7. The average molecular weight is 1110 g/mol. The van der Waals surface area contributed by atoms with Gasteiger partial charge in [-0.05, 0) is 71.1 Å². The monoisotopic (exact) mass is 1110 g/mol. The normalized spacial score (nSPS) is 19.6. The molecule has 0 aromatic carbocycles. The Morgan fingerprint density at radius 1 is 0.242 bits per heavy atom. The summed E-state index contributed by atoms with van der Waals surface area (Å²) < 4.78 is 340. The molecule has 0 aromatic rings. The van der Waals surface area contributed by atoms with Crippen molar-refractivity contribution in [1.82, 2.24) is 0 Å². The first-order chi connectivity index (χ1) is 26.9. The van der Waals surface area contributed by atoms with Gasteiger partial charge in [0.1, 0.15) is 0 Å². The number of hydrogen-bond acceptors (Lipinski definition) is 20. The molecule has 30 nitrogen and oxygen atoms in total. The number of hydrogen-bond donors (Lipinski definition) is 10. The van der Waals surface area contributed by atoms with Crippen LogP contribution in [0.1, 0.15) is 78.1 Å². The number of rotatable bonds is 29. The highest BCUT2D eigenvalue weighted by Gasteiger charge is 2.45. The Kier molecular flexibility index (Phi) is 21.1. The van der Waals surface area contributed by atoms with Gasteiger partial charge in [-0.25, -0.2) is 0 Å². The molecule has 0 radical (unpaired) electrons. The molecule has 0 bridgehead atoms. The maximum Gasteiger partial charge on any atom is 0.267 e. The molecule has 0 saturated heterocycles. The van der Waals surface area contributed by atoms with Crippen LogP contribution < -0.4 is 0 Å². The molecule has 0 fully saturated rings. The molecule has 0 rings (SSSR count). The highest BCUT2D eigenvalue weighted by molar-refractivity contribution is 7.90. The topological polar surface area (TPSA) is 544 Å². The van der Waals surface area contributed by atoms with E-state index in [4.69, 9.17) is 0 Å². The quantitative estimate of drug-likeness (QED) is 0.0346. The summed E-state index contributed by atoms with van der Waals surface area (Å²) in [6.45, 7) is 1.70. The fraction of sp³-hybridized carbons (Fsp3) is 1.00. The van der Waals surface area contributed by atoms with E-state index in [9.17, 15) is 130 Å². The van der Waals surface area contributed by atoms with Gasteiger partial charge in [-0.1, -0.05) is 6.92 Å². The summed E-state index contributed by atoms with van der Waals surface area (Å²) >= 11 is 0. The third-order valence-electron chi connectivity index (χ3n) is 9.56. The molecule has 0 aliphatic heterocycles. The second-order valence-electron chi connectivity index (χ2n) is 14.1. The smallest absolute Gasteiger partial charge is 0.267 e. The third kappa shape index (κ3) is 21.2. The van der Waals surface area contributed by atoms with Crippen molar-refractivity contribution in [3.8, 4) is 0 Å². The maximum atomic E-state index is 12.5. The molecule has 0 aliphatic rings. The van der Waals surface area contributed by atoms with Crippen molar-refractivity contribution in [2.75, 3.05) is 0 Å². The van der Waals surface area contributed by atoms with E-state index in [2.05, 4.69) is 0 Å². The Labute approximate surface area is 359 Å². The summed E-state index contributed by atoms with van der Waals surface area (Å²) in [6, 6.07) is 0. The Morgan fingerprint density at radius 2 is 0.371 bits per heavy atom. The molecular weight excluding hydrogens is 1060 g/mol. The second-order valence-corrected chi connectivity index (χ2v) is 31.2. The van der Waals surface area contributed by atoms with E-state index in [1.165, 1.54) is 0 Å². The van der Waals surface area contributed by atoms with Gasteiger partial charge in [-0.15, -0.1) is 0 Å². The van der Waals surface area contributed by atoms with E-state index in [0.29, 0.717) is 6.92 Å². The summed E-state index contributed by atoms with van der Waals surface area (Å²) in [6.07, 6.45) is -16.2. The van der Waals surface area contributed by atoms with Crippen LogP contribution in [0.2, 0.25) is 0 Å². The highest BCUT2D eigenvalue weighted by Crippen LogP contribution is 2.32. The van der Waals surface area contributed by atoms with Crippen LogP contribution in [0.3, 0.4) is 0 Å². The van der Waals surface area contributed by atoms with Crippen LogP contribution in [0.25, 0.3) is 0 Å². The van der Waals surface area contributed by atoms with Crippen LogP contribution in [-0.2, 0) is 101 Å². The lowest BCUT2D eigenvalue weighted by molar-refractivity contribution is 0.402. The minimum absolute atomic E-state index is 0.601. The molecule has 0 heterocycles. The molecular formula is C22H46O30S10. The van der Waals surface area contributed by atoms with Crippen LogP contribution in [-0.4, -0.2) is 182 Å². The van der Waals surface area contributed by atoms with Crippen molar-refractivity contribution >= 4 is 101 Å². The fourth-order valence-corrected chi connectivity index (χ4v) is 16.2. The van der Waals surface area contributed by atoms with Crippen LogP contribution >= 0.6 is 0 Å². The summed E-state index contributed by atoms with van der Waals surface area (Å²) in [4.78, 5) is 0. The Bertz CT molecular complexity index is 2710. The predicted octanol–water partition coefficient (Wildman–Crippen LogP) is -2.51. The Hall–Kier alpha value is -0.900. The maximum absolute atomic E-state index is 12.5. The molecule has 0 amide bonds. The van der Waals surface area contributed by atoms with Gasteiger partial charge in [-0.2, -0.15) is 84.2 Å². The van der Waals surface area contributed by atoms with Crippen molar-refractivity contribution in [3.63, 3.8) is 0 Å². The lowest BCUT2D eigenvalue weighted by Gasteiger charge is -2.28. The van der Waals surface area contributed by atoms with Gasteiger partial charge in [0.25, 0.3) is 101 Å². The minimum atomic E-state index is -6.01. The molecule has 10 unspecified atom stereocenters. The average Bonchev–Trinajstić information content (AvgIpc) is 2.97. The summed E-state index contributed by atoms with van der Waals surface area (Å²) in [5, 5.41) is -27.3. The molecule has 0 aromatic heterocycles. The molecule has 40 heteroatoms. The van der Waals surface area contributed by atoms with Crippen molar-refractivity contribution in [3.05, 3.63) is 0 Å². The molecule has 62 heavy (non-hydrogen) atoms. The van der Waals surface area contributed by atoms with E-state index in [-0.39, 0.29) is 0 Å². The van der Waals surface area contributed by atoms with Gasteiger partial charge >= 0.3 is 0 Å². The standard InChI is InChI=1S/C22H46O30S10/c1-3-14(54(26,27)28)5-16(56(32,33)34)7-18(58(38,39)40)9-20(60(44,45)46)11-22(62(50,51)52)12-21(61(47,48)49)10-19(59(41,42)43)8-17(57(35,36)37)6-15(55(29,30)31)4-13(2)53(23,24)25/h13-22H,3-12H2,1-2H3,(H,23,24,25)(H,26,27,28)(H,29,30,31)(H,32,33,34)(H,35,36,37)(H,38,39,40)(H,41,42,43)(H,44,45,46)(H,47,48,49)(H,50,51,52). The summed E-state index contributed by atoms with van der Waals surface area (Å²) in [7, 11) is -57.0. The highest BCUT2D eigenvalue weighted by atomic mass is 32.3. The first-order valence-corrected chi connectivity index (χ1v) is 31.6. The summed E-state index contributed by atoms with van der Waals surface area (Å²) in [5.41, 5.74) is 0. The zero-order valence-electron chi connectivity index (χ0n) is 31.6. The largest absolute Gasteiger partial charge is 0.285 e. The van der Waals surface area contributed by atoms with Gasteiger partial charge < -0.3 is 0 Å². The van der Waals surface area contributed by atoms with E-state index in [1.54, 1.807) is 0 Å². The van der Waals surface area contributed by atoms with Crippen molar-refractivity contribution in [2.45, 2.75) is 131 Å². The van der Waals surface area contributed by atoms with Gasteiger partial charge in [0.15, 0.2) is 0 Å². The van der Waals surface area contributed by atoms with Crippen LogP contribution in [0, 0.1) is 0 Å². The van der Waals surface area contributed by atoms with Crippen molar-refractivity contribution in [2.24, 2.45) is 0 Å². The van der Waals surface area contributed by atoms with E-state index >= 15 is 0 Å². The molecule has 0 aliphatic carbocycles. The lowest BCUT2D eigenvalue weighted by atomic mass is 10.0. The van der Waals surface area contributed by atoms with Gasteiger partial charge in [-0.3, -0.25) is 45.5 Å². The summed E-state index contributed by atoms with van der Waals surface area (Å²) in [5.74, 6) is 0. The second kappa shape index (κ2) is 21.4. The third-order valence-corrected chi connectivity index (χ3v) is 22.0. The molecule has 374 valence electrons. The Balaban J connectivity index is 7.35. The van der Waals surface area contributed by atoms with Crippen LogP contribution in [0.4, 0.5) is 0 Å². The van der Waals surface area contributed by atoms with Gasteiger partial charge in [0.05, 0.1) is 52.5 Å². The SMILES string of the molecule is CCC(CC(CC(CC(CC(CC(CC(CC(CC(CC(C)S(=O)(=O)O)S(=O)(=O)O)S(=O)(=O)O)S(=O)(=O)O)S(=O)(=O)O)S(=O)(=O)O)S(=O)(=O)O)S(=O)(=O)O)S(=O)(=O)O)S(=O)(=O)O. The molecule has 10 atom stereocenters. The van der Waals surface area contributed by atoms with E-state index in [0.717, 1.165) is 6.92 Å². The van der Waals surface area contributed by atoms with Crippen LogP contribution in [0.5, 0.6) is 0 Å². The van der Waals surface area contributed by atoms with E-state index < -0.39 is 218 Å². The molecule has 10 N–H and O–H groups in total. The Morgan fingerprint density at radius 3 is 0.484 bits per heavy atom. The van der Waals surface area contributed by atoms with Crippen molar-refractivity contribution in [1.29, 1.82) is 0 Å². The van der Waals surface area contributed by atoms with Gasteiger partial charge in [0, 0.05) is 0 Å².